The summed E-state index contributed by atoms with van der Waals surface area (Å²) in [4.78, 5) is 28.7. The van der Waals surface area contributed by atoms with Crippen molar-refractivity contribution in [1.82, 2.24) is 0 Å². The summed E-state index contributed by atoms with van der Waals surface area (Å²) < 4.78 is 10.7. The molecule has 5 nitrogen and oxygen atoms in total. The first kappa shape index (κ1) is 19.6. The van der Waals surface area contributed by atoms with Gasteiger partial charge in [-0.1, -0.05) is 48.0 Å². The van der Waals surface area contributed by atoms with E-state index in [0.29, 0.717) is 27.5 Å². The van der Waals surface area contributed by atoms with Gasteiger partial charge in [-0.15, -0.1) is 0 Å². The number of aryl methyl sites for hydroxylation is 1. The zero-order chi connectivity index (χ0) is 21.1. The van der Waals surface area contributed by atoms with Gasteiger partial charge in [0.15, 0.2) is 5.70 Å². The Bertz CT molecular complexity index is 1200. The molecule has 3 aromatic carbocycles. The van der Waals surface area contributed by atoms with Crippen LogP contribution in [0.3, 0.4) is 0 Å². The molecule has 1 heterocycles. The molecule has 3 aromatic rings. The summed E-state index contributed by atoms with van der Waals surface area (Å²) in [5.74, 6) is -0.352. The molecular formula is C24H16ClNO4. The minimum Gasteiger partial charge on any atom is -0.423 e. The number of esters is 2. The van der Waals surface area contributed by atoms with Crippen LogP contribution in [0.5, 0.6) is 5.75 Å². The Hall–Kier alpha value is -3.70. The lowest BCUT2D eigenvalue weighted by molar-refractivity contribution is -0.129. The number of hydrogen-bond acceptors (Lipinski definition) is 5. The Morgan fingerprint density at radius 2 is 1.80 bits per heavy atom. The standard InChI is InChI=1S/C24H16ClNO4/c1-15-5-2-3-8-20(15)23(27)29-19-11-9-16(10-12-19)13-21-24(28)30-22(26-21)17-6-4-7-18(25)14-17/h2-14H,1H3/b21-13+. The maximum atomic E-state index is 12.3. The van der Waals surface area contributed by atoms with Crippen molar-refractivity contribution in [2.24, 2.45) is 4.99 Å². The molecule has 0 N–H and O–H groups in total. The van der Waals surface area contributed by atoms with Crippen LogP contribution in [-0.2, 0) is 9.53 Å². The Kier molecular flexibility index (Phi) is 5.46. The average molecular weight is 418 g/mol. The number of carbonyl (C=O) groups excluding carboxylic acids is 2. The maximum Gasteiger partial charge on any atom is 0.363 e. The number of carbonyl (C=O) groups is 2. The number of cyclic esters (lactones) is 1. The van der Waals surface area contributed by atoms with E-state index < -0.39 is 11.9 Å². The minimum absolute atomic E-state index is 0.176. The van der Waals surface area contributed by atoms with Crippen LogP contribution in [-0.4, -0.2) is 17.8 Å². The van der Waals surface area contributed by atoms with E-state index in [-0.39, 0.29) is 11.6 Å². The van der Waals surface area contributed by atoms with Crippen molar-refractivity contribution in [1.29, 1.82) is 0 Å². The number of benzene rings is 3. The fourth-order valence-electron chi connectivity index (χ4n) is 2.91. The van der Waals surface area contributed by atoms with E-state index in [1.165, 1.54) is 0 Å². The molecule has 1 aliphatic heterocycles. The third-order valence-electron chi connectivity index (χ3n) is 4.45. The van der Waals surface area contributed by atoms with Gasteiger partial charge in [0, 0.05) is 10.6 Å². The highest BCUT2D eigenvalue weighted by molar-refractivity contribution is 6.31. The third-order valence-corrected chi connectivity index (χ3v) is 4.69. The van der Waals surface area contributed by atoms with Crippen molar-refractivity contribution in [2.75, 3.05) is 0 Å². The summed E-state index contributed by atoms with van der Waals surface area (Å²) >= 11 is 5.98. The van der Waals surface area contributed by atoms with Crippen LogP contribution in [0.25, 0.3) is 6.08 Å². The van der Waals surface area contributed by atoms with E-state index in [2.05, 4.69) is 4.99 Å². The van der Waals surface area contributed by atoms with Crippen LogP contribution in [0.1, 0.15) is 27.0 Å². The fraction of sp³-hybridized carbons (Fsp3) is 0.0417. The summed E-state index contributed by atoms with van der Waals surface area (Å²) in [6.07, 6.45) is 1.60. The number of ether oxygens (including phenoxy) is 2. The summed E-state index contributed by atoms with van der Waals surface area (Å²) in [6.45, 7) is 1.85. The highest BCUT2D eigenvalue weighted by Crippen LogP contribution is 2.22. The molecule has 0 saturated heterocycles. The highest BCUT2D eigenvalue weighted by atomic mass is 35.5. The van der Waals surface area contributed by atoms with E-state index in [9.17, 15) is 9.59 Å². The van der Waals surface area contributed by atoms with Gasteiger partial charge < -0.3 is 9.47 Å². The maximum absolute atomic E-state index is 12.3. The van der Waals surface area contributed by atoms with Gasteiger partial charge in [0.2, 0.25) is 5.90 Å². The second kappa shape index (κ2) is 8.35. The highest BCUT2D eigenvalue weighted by Gasteiger charge is 2.24. The molecule has 148 valence electrons. The van der Waals surface area contributed by atoms with Crippen LogP contribution >= 0.6 is 11.6 Å². The molecule has 6 heteroatoms. The first-order valence-corrected chi connectivity index (χ1v) is 9.54. The first-order chi connectivity index (χ1) is 14.5. The number of nitrogens with zero attached hydrogens (tertiary/aromatic N) is 1. The van der Waals surface area contributed by atoms with Crippen LogP contribution in [0, 0.1) is 6.92 Å². The van der Waals surface area contributed by atoms with E-state index in [0.717, 1.165) is 5.56 Å². The van der Waals surface area contributed by atoms with E-state index >= 15 is 0 Å². The SMILES string of the molecule is Cc1ccccc1C(=O)Oc1ccc(/C=C2/N=C(c3cccc(Cl)c3)OC2=O)cc1. The zero-order valence-electron chi connectivity index (χ0n) is 16.0. The van der Waals surface area contributed by atoms with Gasteiger partial charge in [-0.2, -0.15) is 0 Å². The predicted octanol–water partition coefficient (Wildman–Crippen LogP) is 5.21. The number of hydrogen-bond donors (Lipinski definition) is 0. The van der Waals surface area contributed by atoms with Gasteiger partial charge in [0.1, 0.15) is 5.75 Å². The number of halogens is 1. The number of aliphatic imine (C=N–C) groups is 1. The summed E-state index contributed by atoms with van der Waals surface area (Å²) in [5, 5.41) is 0.527. The molecule has 0 saturated carbocycles. The molecule has 1 aliphatic rings. The molecule has 4 rings (SSSR count). The van der Waals surface area contributed by atoms with Crippen molar-refractivity contribution in [3.05, 3.63) is 106 Å². The minimum atomic E-state index is -0.542. The molecule has 0 amide bonds. The largest absolute Gasteiger partial charge is 0.423 e. The van der Waals surface area contributed by atoms with Gasteiger partial charge in [0.05, 0.1) is 5.56 Å². The van der Waals surface area contributed by atoms with Crippen molar-refractivity contribution in [2.45, 2.75) is 6.92 Å². The average Bonchev–Trinajstić information content (AvgIpc) is 3.10. The van der Waals surface area contributed by atoms with Gasteiger partial charge in [-0.05, 0) is 60.5 Å². The molecule has 0 aromatic heterocycles. The van der Waals surface area contributed by atoms with Crippen LogP contribution in [0.2, 0.25) is 5.02 Å². The second-order valence-electron chi connectivity index (χ2n) is 6.62. The van der Waals surface area contributed by atoms with Crippen LogP contribution < -0.4 is 4.74 Å². The molecular weight excluding hydrogens is 402 g/mol. The molecule has 0 fully saturated rings. The van der Waals surface area contributed by atoms with Gasteiger partial charge in [-0.25, -0.2) is 14.6 Å². The molecule has 0 atom stereocenters. The molecule has 30 heavy (non-hydrogen) atoms. The van der Waals surface area contributed by atoms with Gasteiger partial charge >= 0.3 is 11.9 Å². The number of rotatable bonds is 4. The Morgan fingerprint density at radius 1 is 1.03 bits per heavy atom. The zero-order valence-corrected chi connectivity index (χ0v) is 16.7. The van der Waals surface area contributed by atoms with Crippen molar-refractivity contribution < 1.29 is 19.1 Å². The van der Waals surface area contributed by atoms with Crippen LogP contribution in [0.4, 0.5) is 0 Å². The summed E-state index contributed by atoms with van der Waals surface area (Å²) in [7, 11) is 0. The van der Waals surface area contributed by atoms with Crippen molar-refractivity contribution >= 4 is 35.5 Å². The van der Waals surface area contributed by atoms with Gasteiger partial charge in [0.25, 0.3) is 0 Å². The molecule has 0 bridgehead atoms. The second-order valence-corrected chi connectivity index (χ2v) is 7.06. The summed E-state index contributed by atoms with van der Waals surface area (Å²) in [5.41, 5.74) is 2.87. The Labute approximate surface area is 178 Å². The molecule has 0 radical (unpaired) electrons. The lowest BCUT2D eigenvalue weighted by atomic mass is 10.1. The molecule has 0 aliphatic carbocycles. The van der Waals surface area contributed by atoms with Crippen molar-refractivity contribution in [3.8, 4) is 5.75 Å². The van der Waals surface area contributed by atoms with Crippen molar-refractivity contribution in [3.63, 3.8) is 0 Å². The van der Waals surface area contributed by atoms with E-state index in [4.69, 9.17) is 21.1 Å². The van der Waals surface area contributed by atoms with E-state index in [1.807, 2.05) is 19.1 Å². The normalized spacial score (nSPS) is 14.4. The predicted molar refractivity (Wildman–Crippen MR) is 115 cm³/mol. The summed E-state index contributed by atoms with van der Waals surface area (Å²) in [6, 6.07) is 20.9. The lowest BCUT2D eigenvalue weighted by Crippen LogP contribution is -2.09. The Balaban J connectivity index is 1.50. The van der Waals surface area contributed by atoms with Crippen LogP contribution in [0.15, 0.2) is 83.5 Å². The Morgan fingerprint density at radius 3 is 2.53 bits per heavy atom. The smallest absolute Gasteiger partial charge is 0.363 e. The topological polar surface area (TPSA) is 65.0 Å². The fourth-order valence-corrected chi connectivity index (χ4v) is 3.10. The first-order valence-electron chi connectivity index (χ1n) is 9.16. The third kappa shape index (κ3) is 4.31. The van der Waals surface area contributed by atoms with Gasteiger partial charge in [-0.3, -0.25) is 0 Å². The lowest BCUT2D eigenvalue weighted by Gasteiger charge is -2.06. The monoisotopic (exact) mass is 417 g/mol. The molecule has 0 unspecified atom stereocenters. The molecule has 0 spiro atoms. The van der Waals surface area contributed by atoms with E-state index in [1.54, 1.807) is 66.7 Å². The quantitative estimate of drug-likeness (QED) is 0.332.